The van der Waals surface area contributed by atoms with Crippen LogP contribution in [0.3, 0.4) is 0 Å². The molecule has 1 N–H and O–H groups in total. The van der Waals surface area contributed by atoms with Crippen LogP contribution >= 0.6 is 0 Å². The van der Waals surface area contributed by atoms with Crippen LogP contribution in [0.15, 0.2) is 18.2 Å². The van der Waals surface area contributed by atoms with Gasteiger partial charge in [0.05, 0.1) is 29.6 Å². The van der Waals surface area contributed by atoms with Crippen molar-refractivity contribution < 1.29 is 4.79 Å². The highest BCUT2D eigenvalue weighted by molar-refractivity contribution is 6.01. The van der Waals surface area contributed by atoms with Gasteiger partial charge in [-0.05, 0) is 31.0 Å². The molecular weight excluding hydrogens is 202 g/mol. The first-order chi connectivity index (χ1) is 7.78. The van der Waals surface area contributed by atoms with E-state index in [0.29, 0.717) is 18.2 Å². The number of nitrogens with zero attached hydrogens (tertiary/aromatic N) is 2. The third-order valence-electron chi connectivity index (χ3n) is 3.01. The summed E-state index contributed by atoms with van der Waals surface area (Å²) >= 11 is 0. The van der Waals surface area contributed by atoms with Gasteiger partial charge in [0, 0.05) is 6.04 Å². The number of fused-ring (bicyclic) bond motifs is 1. The van der Waals surface area contributed by atoms with Crippen LogP contribution in [-0.4, -0.2) is 18.5 Å². The molecule has 4 nitrogen and oxygen atoms in total. The zero-order chi connectivity index (χ0) is 11.1. The standard InChI is InChI=1S/C12H11N3O/c13-6-8-1-4-11-10(5-8)14-12(16)7-15(11)9-2-3-9/h1,4-5,9H,2-3,7H2,(H,14,16). The Morgan fingerprint density at radius 1 is 1.44 bits per heavy atom. The zero-order valence-corrected chi connectivity index (χ0v) is 8.73. The molecule has 1 amide bonds. The van der Waals surface area contributed by atoms with Crippen LogP contribution in [0.25, 0.3) is 0 Å². The van der Waals surface area contributed by atoms with Crippen molar-refractivity contribution in [2.24, 2.45) is 0 Å². The van der Waals surface area contributed by atoms with Gasteiger partial charge < -0.3 is 10.2 Å². The van der Waals surface area contributed by atoms with Gasteiger partial charge in [0.25, 0.3) is 0 Å². The van der Waals surface area contributed by atoms with Crippen LogP contribution in [0.2, 0.25) is 0 Å². The molecule has 1 aliphatic carbocycles. The fourth-order valence-electron chi connectivity index (χ4n) is 2.10. The summed E-state index contributed by atoms with van der Waals surface area (Å²) in [7, 11) is 0. The number of nitriles is 1. The molecule has 1 fully saturated rings. The molecule has 0 bridgehead atoms. The van der Waals surface area contributed by atoms with Crippen molar-refractivity contribution >= 4 is 17.3 Å². The lowest BCUT2D eigenvalue weighted by atomic mass is 10.1. The first kappa shape index (κ1) is 9.22. The lowest BCUT2D eigenvalue weighted by Crippen LogP contribution is -2.39. The quantitative estimate of drug-likeness (QED) is 0.768. The number of benzene rings is 1. The van der Waals surface area contributed by atoms with Crippen LogP contribution in [0.4, 0.5) is 11.4 Å². The van der Waals surface area contributed by atoms with Crippen molar-refractivity contribution in [3.05, 3.63) is 23.8 Å². The molecule has 3 rings (SSSR count). The number of nitrogens with one attached hydrogen (secondary N) is 1. The molecule has 80 valence electrons. The van der Waals surface area contributed by atoms with Crippen molar-refractivity contribution in [1.82, 2.24) is 0 Å². The summed E-state index contributed by atoms with van der Waals surface area (Å²) in [6.07, 6.45) is 2.32. The maximum atomic E-state index is 11.5. The minimum Gasteiger partial charge on any atom is -0.358 e. The third kappa shape index (κ3) is 1.41. The second-order valence-electron chi connectivity index (χ2n) is 4.25. The molecule has 2 aliphatic rings. The fraction of sp³-hybridized carbons (Fsp3) is 0.333. The van der Waals surface area contributed by atoms with Crippen molar-refractivity contribution in [2.75, 3.05) is 16.8 Å². The monoisotopic (exact) mass is 213 g/mol. The van der Waals surface area contributed by atoms with E-state index < -0.39 is 0 Å². The number of rotatable bonds is 1. The first-order valence-corrected chi connectivity index (χ1v) is 5.38. The SMILES string of the molecule is N#Cc1ccc2c(c1)NC(=O)CN2C1CC1. The smallest absolute Gasteiger partial charge is 0.243 e. The van der Waals surface area contributed by atoms with Crippen LogP contribution in [0.5, 0.6) is 0 Å². The number of hydrogen-bond donors (Lipinski definition) is 1. The first-order valence-electron chi connectivity index (χ1n) is 5.38. The van der Waals surface area contributed by atoms with Gasteiger partial charge in [-0.25, -0.2) is 0 Å². The van der Waals surface area contributed by atoms with Crippen molar-refractivity contribution in [3.8, 4) is 6.07 Å². The summed E-state index contributed by atoms with van der Waals surface area (Å²) in [5, 5.41) is 11.6. The number of amides is 1. The van der Waals surface area contributed by atoms with Crippen molar-refractivity contribution in [2.45, 2.75) is 18.9 Å². The van der Waals surface area contributed by atoms with Gasteiger partial charge in [0.2, 0.25) is 5.91 Å². The van der Waals surface area contributed by atoms with E-state index in [-0.39, 0.29) is 5.91 Å². The molecule has 0 unspecified atom stereocenters. The zero-order valence-electron chi connectivity index (χ0n) is 8.73. The van der Waals surface area contributed by atoms with Crippen LogP contribution in [-0.2, 0) is 4.79 Å². The summed E-state index contributed by atoms with van der Waals surface area (Å²) in [6.45, 7) is 0.434. The Morgan fingerprint density at radius 2 is 2.25 bits per heavy atom. The van der Waals surface area contributed by atoms with Gasteiger partial charge in [-0.1, -0.05) is 0 Å². The average molecular weight is 213 g/mol. The number of anilines is 2. The van der Waals surface area contributed by atoms with E-state index in [9.17, 15) is 4.79 Å². The summed E-state index contributed by atoms with van der Waals surface area (Å²) in [4.78, 5) is 13.7. The molecule has 4 heteroatoms. The molecule has 0 saturated heterocycles. The average Bonchev–Trinajstić information content (AvgIpc) is 3.10. The Morgan fingerprint density at radius 3 is 2.94 bits per heavy atom. The topological polar surface area (TPSA) is 56.1 Å². The fourth-order valence-corrected chi connectivity index (χ4v) is 2.10. The molecule has 16 heavy (non-hydrogen) atoms. The second-order valence-corrected chi connectivity index (χ2v) is 4.25. The molecule has 0 spiro atoms. The lowest BCUT2D eigenvalue weighted by Gasteiger charge is -2.31. The molecule has 1 aromatic rings. The van der Waals surface area contributed by atoms with E-state index in [4.69, 9.17) is 5.26 Å². The predicted octanol–water partition coefficient (Wildman–Crippen LogP) is 1.48. The van der Waals surface area contributed by atoms with Gasteiger partial charge in [-0.3, -0.25) is 4.79 Å². The summed E-state index contributed by atoms with van der Waals surface area (Å²) in [5.41, 5.74) is 2.39. The molecule has 1 aliphatic heterocycles. The van der Waals surface area contributed by atoms with Gasteiger partial charge in [-0.15, -0.1) is 0 Å². The minimum atomic E-state index is 0.00879. The highest BCUT2D eigenvalue weighted by Crippen LogP contribution is 2.38. The Bertz CT molecular complexity index is 499. The molecule has 0 aromatic heterocycles. The van der Waals surface area contributed by atoms with Gasteiger partial charge in [-0.2, -0.15) is 5.26 Å². The lowest BCUT2D eigenvalue weighted by molar-refractivity contribution is -0.115. The van der Waals surface area contributed by atoms with Gasteiger partial charge >= 0.3 is 0 Å². The largest absolute Gasteiger partial charge is 0.358 e. The Balaban J connectivity index is 2.05. The summed E-state index contributed by atoms with van der Waals surface area (Å²) in [5.74, 6) is 0.00879. The van der Waals surface area contributed by atoms with Crippen molar-refractivity contribution in [3.63, 3.8) is 0 Å². The highest BCUT2D eigenvalue weighted by Gasteiger charge is 2.34. The van der Waals surface area contributed by atoms with Crippen LogP contribution < -0.4 is 10.2 Å². The maximum absolute atomic E-state index is 11.5. The van der Waals surface area contributed by atoms with Gasteiger partial charge in [0.1, 0.15) is 0 Å². The number of carbonyl (C=O) groups is 1. The summed E-state index contributed by atoms with van der Waals surface area (Å²) in [6, 6.07) is 8.05. The molecule has 1 heterocycles. The Hall–Kier alpha value is -2.02. The summed E-state index contributed by atoms with van der Waals surface area (Å²) < 4.78 is 0. The maximum Gasteiger partial charge on any atom is 0.243 e. The van der Waals surface area contributed by atoms with E-state index in [0.717, 1.165) is 24.2 Å². The molecular formula is C12H11N3O. The van der Waals surface area contributed by atoms with E-state index in [1.54, 1.807) is 12.1 Å². The minimum absolute atomic E-state index is 0.00879. The second kappa shape index (κ2) is 3.24. The van der Waals surface area contributed by atoms with E-state index >= 15 is 0 Å². The Kier molecular flexibility index (Phi) is 1.87. The van der Waals surface area contributed by atoms with E-state index in [1.807, 2.05) is 6.07 Å². The highest BCUT2D eigenvalue weighted by atomic mass is 16.2. The molecule has 0 atom stereocenters. The van der Waals surface area contributed by atoms with E-state index in [2.05, 4.69) is 16.3 Å². The molecule has 0 radical (unpaired) electrons. The number of hydrogen-bond acceptors (Lipinski definition) is 3. The number of carbonyl (C=O) groups excluding carboxylic acids is 1. The van der Waals surface area contributed by atoms with Crippen LogP contribution in [0.1, 0.15) is 18.4 Å². The predicted molar refractivity (Wildman–Crippen MR) is 60.2 cm³/mol. The Labute approximate surface area is 93.5 Å². The molecule has 1 aromatic carbocycles. The molecule has 1 saturated carbocycles. The van der Waals surface area contributed by atoms with E-state index in [1.165, 1.54) is 0 Å². The normalized spacial score (nSPS) is 18.7. The van der Waals surface area contributed by atoms with Crippen molar-refractivity contribution in [1.29, 1.82) is 5.26 Å². The van der Waals surface area contributed by atoms with Crippen LogP contribution in [0, 0.1) is 11.3 Å². The van der Waals surface area contributed by atoms with Gasteiger partial charge in [0.15, 0.2) is 0 Å². The third-order valence-corrected chi connectivity index (χ3v) is 3.01.